The minimum Gasteiger partial charge on any atom is -0.340 e. The fourth-order valence-electron chi connectivity index (χ4n) is 5.16. The Kier molecular flexibility index (Phi) is 7.30. The molecule has 2 fully saturated rings. The second-order valence-corrected chi connectivity index (χ2v) is 14.3. The minimum absolute atomic E-state index is 0.00244. The van der Waals surface area contributed by atoms with Crippen LogP contribution in [0.3, 0.4) is 0 Å². The Labute approximate surface area is 223 Å². The zero-order valence-electron chi connectivity index (χ0n) is 20.3. The summed E-state index contributed by atoms with van der Waals surface area (Å²) in [6, 6.07) is 5.10. The number of nitrogens with zero attached hydrogens (tertiary/aromatic N) is 1. The highest BCUT2D eigenvalue weighted by atomic mass is 32.2. The largest absolute Gasteiger partial charge is 0.435 e. The molecule has 2 heterocycles. The van der Waals surface area contributed by atoms with Crippen molar-refractivity contribution in [3.63, 3.8) is 0 Å². The van der Waals surface area contributed by atoms with E-state index >= 15 is 0 Å². The SMILES string of the molecule is O=C(C1CCS(=O)(=O)C1)N1CC[C@@](c2ccc(C(F)(C(F)(F)F)C(F)(F)F)cc2)(S(=O)(=O)c2ccc(F)cc2)C1. The van der Waals surface area contributed by atoms with E-state index in [9.17, 15) is 56.8 Å². The van der Waals surface area contributed by atoms with E-state index in [0.29, 0.717) is 12.1 Å². The highest BCUT2D eigenvalue weighted by Gasteiger charge is 2.73. The van der Waals surface area contributed by atoms with Gasteiger partial charge in [-0.15, -0.1) is 0 Å². The van der Waals surface area contributed by atoms with Crippen molar-refractivity contribution in [1.29, 1.82) is 0 Å². The smallest absolute Gasteiger partial charge is 0.340 e. The molecule has 2 aliphatic rings. The van der Waals surface area contributed by atoms with E-state index in [1.165, 1.54) is 0 Å². The second-order valence-electron chi connectivity index (χ2n) is 9.79. The summed E-state index contributed by atoms with van der Waals surface area (Å²) >= 11 is 0. The minimum atomic E-state index is -6.39. The third kappa shape index (κ3) is 4.86. The summed E-state index contributed by atoms with van der Waals surface area (Å²) in [6.45, 7) is -0.865. The molecule has 0 radical (unpaired) electrons. The maximum absolute atomic E-state index is 14.6. The number of likely N-dealkylation sites (tertiary alicyclic amines) is 1. The Morgan fingerprint density at radius 2 is 1.45 bits per heavy atom. The standard InChI is InChI=1S/C24H21F8NO5S2/c25-18-5-7-19(8-6-18)40(37,38)21(10-11-33(14-21)20(34)15-9-12-39(35,36)13-15)16-1-3-17(4-2-16)22(26,23(27,28)29)24(30,31)32/h1-8,15H,9-14H2/t15?,21-/m1/s1. The quantitative estimate of drug-likeness (QED) is 0.365. The average molecular weight is 620 g/mol. The van der Waals surface area contributed by atoms with Gasteiger partial charge in [-0.2, -0.15) is 26.3 Å². The van der Waals surface area contributed by atoms with Gasteiger partial charge in [-0.1, -0.05) is 24.3 Å². The molecule has 2 atom stereocenters. The van der Waals surface area contributed by atoms with Gasteiger partial charge in [0, 0.05) is 18.7 Å². The van der Waals surface area contributed by atoms with Gasteiger partial charge < -0.3 is 4.90 Å². The molecule has 4 rings (SSSR count). The molecule has 220 valence electrons. The zero-order chi connectivity index (χ0) is 29.9. The van der Waals surface area contributed by atoms with Crippen LogP contribution in [0.15, 0.2) is 53.4 Å². The molecule has 2 aliphatic heterocycles. The highest BCUT2D eigenvalue weighted by molar-refractivity contribution is 7.92. The number of hydrogen-bond acceptors (Lipinski definition) is 5. The van der Waals surface area contributed by atoms with E-state index in [4.69, 9.17) is 0 Å². The van der Waals surface area contributed by atoms with Gasteiger partial charge >= 0.3 is 18.0 Å². The monoisotopic (exact) mass is 619 g/mol. The number of carbonyl (C=O) groups excluding carboxylic acids is 1. The van der Waals surface area contributed by atoms with Crippen molar-refractivity contribution < 1.29 is 56.8 Å². The molecule has 0 aromatic heterocycles. The van der Waals surface area contributed by atoms with Gasteiger partial charge in [0.1, 0.15) is 10.6 Å². The number of benzene rings is 2. The fourth-order valence-corrected chi connectivity index (χ4v) is 8.97. The zero-order valence-corrected chi connectivity index (χ0v) is 21.9. The molecule has 1 amide bonds. The topological polar surface area (TPSA) is 88.6 Å². The molecule has 16 heteroatoms. The highest BCUT2D eigenvalue weighted by Crippen LogP contribution is 2.54. The van der Waals surface area contributed by atoms with Crippen LogP contribution >= 0.6 is 0 Å². The summed E-state index contributed by atoms with van der Waals surface area (Å²) in [7, 11) is -8.10. The van der Waals surface area contributed by atoms with Crippen molar-refractivity contribution in [3.8, 4) is 0 Å². The number of amides is 1. The molecule has 0 saturated carbocycles. The predicted molar refractivity (Wildman–Crippen MR) is 125 cm³/mol. The Morgan fingerprint density at radius 1 is 0.900 bits per heavy atom. The third-order valence-electron chi connectivity index (χ3n) is 7.35. The maximum atomic E-state index is 14.6. The Hall–Kier alpha value is -2.75. The van der Waals surface area contributed by atoms with E-state index in [1.807, 2.05) is 0 Å². The van der Waals surface area contributed by atoms with E-state index in [0.717, 1.165) is 29.2 Å². The van der Waals surface area contributed by atoms with E-state index in [1.54, 1.807) is 0 Å². The van der Waals surface area contributed by atoms with Gasteiger partial charge in [0.15, 0.2) is 19.7 Å². The lowest BCUT2D eigenvalue weighted by Crippen LogP contribution is -2.50. The molecular formula is C24H21F8NO5S2. The van der Waals surface area contributed by atoms with E-state index in [-0.39, 0.29) is 42.8 Å². The van der Waals surface area contributed by atoms with Gasteiger partial charge in [-0.3, -0.25) is 4.79 Å². The van der Waals surface area contributed by atoms with Crippen molar-refractivity contribution in [3.05, 3.63) is 65.5 Å². The summed E-state index contributed by atoms with van der Waals surface area (Å²) in [5, 5.41) is 0. The Balaban J connectivity index is 1.80. The van der Waals surface area contributed by atoms with Gasteiger partial charge in [0.25, 0.3) is 0 Å². The van der Waals surface area contributed by atoms with E-state index < -0.39 is 82.8 Å². The van der Waals surface area contributed by atoms with Gasteiger partial charge in [0.2, 0.25) is 5.91 Å². The average Bonchev–Trinajstić information content (AvgIpc) is 3.47. The Morgan fingerprint density at radius 3 is 1.93 bits per heavy atom. The Bertz CT molecular complexity index is 1490. The molecule has 0 bridgehead atoms. The second kappa shape index (κ2) is 9.67. The van der Waals surface area contributed by atoms with Crippen LogP contribution in [0.2, 0.25) is 0 Å². The van der Waals surface area contributed by atoms with Crippen molar-refractivity contribution in [2.24, 2.45) is 5.92 Å². The van der Waals surface area contributed by atoms with Gasteiger partial charge in [-0.05, 0) is 42.7 Å². The fraction of sp³-hybridized carbons (Fsp3) is 0.458. The molecule has 2 aromatic carbocycles. The predicted octanol–water partition coefficient (Wildman–Crippen LogP) is 4.45. The van der Waals surface area contributed by atoms with E-state index in [2.05, 4.69) is 0 Å². The molecule has 40 heavy (non-hydrogen) atoms. The number of rotatable bonds is 5. The lowest BCUT2D eigenvalue weighted by molar-refractivity contribution is -0.348. The molecule has 2 aromatic rings. The molecule has 0 N–H and O–H groups in total. The normalized spacial score (nSPS) is 23.9. The first kappa shape index (κ1) is 30.2. The summed E-state index contributed by atoms with van der Waals surface area (Å²) in [5.41, 5.74) is -7.90. The van der Waals surface area contributed by atoms with Crippen molar-refractivity contribution in [1.82, 2.24) is 4.90 Å². The van der Waals surface area contributed by atoms with Crippen molar-refractivity contribution in [2.75, 3.05) is 24.6 Å². The summed E-state index contributed by atoms with van der Waals surface area (Å²) < 4.78 is 157. The number of alkyl halides is 7. The van der Waals surface area contributed by atoms with Gasteiger partial charge in [-0.25, -0.2) is 25.6 Å². The lowest BCUT2D eigenvalue weighted by Gasteiger charge is -2.32. The molecule has 6 nitrogen and oxygen atoms in total. The first-order chi connectivity index (χ1) is 18.3. The van der Waals surface area contributed by atoms with Crippen LogP contribution in [-0.4, -0.2) is 64.6 Å². The summed E-state index contributed by atoms with van der Waals surface area (Å²) in [6.07, 6.45) is -13.2. The van der Waals surface area contributed by atoms with Crippen LogP contribution in [0.4, 0.5) is 35.1 Å². The van der Waals surface area contributed by atoms with Crippen LogP contribution < -0.4 is 0 Å². The van der Waals surface area contributed by atoms with Crippen molar-refractivity contribution >= 4 is 25.6 Å². The maximum Gasteiger partial charge on any atom is 0.435 e. The molecule has 0 aliphatic carbocycles. The van der Waals surface area contributed by atoms with Crippen LogP contribution in [0.25, 0.3) is 0 Å². The van der Waals surface area contributed by atoms with Crippen LogP contribution in [0.1, 0.15) is 24.0 Å². The van der Waals surface area contributed by atoms with Gasteiger partial charge in [0.05, 0.1) is 22.3 Å². The van der Waals surface area contributed by atoms with Crippen molar-refractivity contribution in [2.45, 2.75) is 40.5 Å². The van der Waals surface area contributed by atoms with Crippen LogP contribution in [-0.2, 0) is 34.9 Å². The molecule has 1 unspecified atom stereocenters. The number of carbonyl (C=O) groups is 1. The number of halogens is 8. The molecule has 0 spiro atoms. The lowest BCUT2D eigenvalue weighted by atomic mass is 9.90. The summed E-state index contributed by atoms with van der Waals surface area (Å²) in [4.78, 5) is 13.7. The first-order valence-electron chi connectivity index (χ1n) is 11.7. The molecule has 2 saturated heterocycles. The summed E-state index contributed by atoms with van der Waals surface area (Å²) in [5.74, 6) is -3.13. The first-order valence-corrected chi connectivity index (χ1v) is 15.0. The van der Waals surface area contributed by atoms with Crippen LogP contribution in [0, 0.1) is 11.7 Å². The number of sulfone groups is 2. The third-order valence-corrected chi connectivity index (χ3v) is 11.6. The number of hydrogen-bond donors (Lipinski definition) is 0. The van der Waals surface area contributed by atoms with Crippen LogP contribution in [0.5, 0.6) is 0 Å². The molecular weight excluding hydrogens is 598 g/mol.